The molecule has 152 valence electrons. The van der Waals surface area contributed by atoms with Gasteiger partial charge >= 0.3 is 35.8 Å². The molecular formula is C10H8ClF13S. The van der Waals surface area contributed by atoms with Crippen molar-refractivity contribution in [2.45, 2.75) is 42.2 Å². The molecule has 0 aliphatic rings. The molecule has 0 saturated heterocycles. The number of thioether (sulfide) groups is 1. The van der Waals surface area contributed by atoms with Crippen molar-refractivity contribution in [3.05, 3.63) is 0 Å². The van der Waals surface area contributed by atoms with E-state index >= 15 is 0 Å². The molecule has 0 aliphatic carbocycles. The largest absolute Gasteiger partial charge is 0.460 e. The topological polar surface area (TPSA) is 0 Å². The summed E-state index contributed by atoms with van der Waals surface area (Å²) in [4.78, 5) is 0. The summed E-state index contributed by atoms with van der Waals surface area (Å²) in [7, 11) is 0. The smallest absolute Gasteiger partial charge is 0.200 e. The summed E-state index contributed by atoms with van der Waals surface area (Å²) in [5.74, 6) is -37.7. The Hall–Kier alpha value is -0.270. The second-order valence-electron chi connectivity index (χ2n) is 4.55. The fraction of sp³-hybridized carbons (Fsp3) is 1.00. The molecule has 0 saturated carbocycles. The number of hydrogen-bond donors (Lipinski definition) is 0. The van der Waals surface area contributed by atoms with E-state index in [-0.39, 0.29) is 11.6 Å². The third-order valence-electron chi connectivity index (χ3n) is 2.78. The average molecular weight is 443 g/mol. The molecule has 0 fully saturated rings. The number of rotatable bonds is 9. The van der Waals surface area contributed by atoms with Crippen LogP contribution >= 0.6 is 23.4 Å². The number of hydrogen-bond acceptors (Lipinski definition) is 1. The number of halogens is 14. The van der Waals surface area contributed by atoms with E-state index < -0.39 is 48.0 Å². The van der Waals surface area contributed by atoms with E-state index in [0.717, 1.165) is 0 Å². The minimum Gasteiger partial charge on any atom is -0.200 e. The zero-order valence-corrected chi connectivity index (χ0v) is 13.1. The Bertz CT molecular complexity index is 445. The van der Waals surface area contributed by atoms with Gasteiger partial charge in [0.25, 0.3) is 0 Å². The van der Waals surface area contributed by atoms with Gasteiger partial charge < -0.3 is 0 Å². The Kier molecular flexibility index (Phi) is 7.31. The summed E-state index contributed by atoms with van der Waals surface area (Å²) in [6.07, 6.45) is -9.58. The van der Waals surface area contributed by atoms with Crippen LogP contribution in [0.1, 0.15) is 6.42 Å². The minimum atomic E-state index is -7.84. The Labute approximate surface area is 141 Å². The van der Waals surface area contributed by atoms with Crippen LogP contribution in [0.5, 0.6) is 0 Å². The monoisotopic (exact) mass is 442 g/mol. The Morgan fingerprint density at radius 2 is 0.960 bits per heavy atom. The lowest BCUT2D eigenvalue weighted by atomic mass is 9.93. The van der Waals surface area contributed by atoms with Crippen LogP contribution in [0.25, 0.3) is 0 Å². The van der Waals surface area contributed by atoms with E-state index in [9.17, 15) is 57.1 Å². The Balaban J connectivity index is 5.79. The van der Waals surface area contributed by atoms with Crippen molar-refractivity contribution >= 4 is 23.4 Å². The normalized spacial score (nSPS) is 15.6. The van der Waals surface area contributed by atoms with Crippen molar-refractivity contribution in [2.24, 2.45) is 0 Å². The molecule has 0 amide bonds. The molecule has 0 bridgehead atoms. The van der Waals surface area contributed by atoms with E-state index in [1.165, 1.54) is 0 Å². The maximum absolute atomic E-state index is 13.2. The molecule has 0 aromatic rings. The molecule has 0 rings (SSSR count). The molecule has 0 radical (unpaired) electrons. The second-order valence-corrected chi connectivity index (χ2v) is 6.15. The highest BCUT2D eigenvalue weighted by atomic mass is 35.5. The van der Waals surface area contributed by atoms with Gasteiger partial charge in [0.05, 0.1) is 0 Å². The maximum Gasteiger partial charge on any atom is 0.460 e. The lowest BCUT2D eigenvalue weighted by Gasteiger charge is -2.39. The molecule has 0 aromatic heterocycles. The standard InChI is InChI=1S/C10H8ClF13S/c11-2-4-25-3-1-5(12,13)6(14,15)7(16,17)8(18,19)9(20,21)10(22,23)24/h1-4H2. The highest BCUT2D eigenvalue weighted by Crippen LogP contribution is 2.60. The van der Waals surface area contributed by atoms with Gasteiger partial charge in [-0.1, -0.05) is 0 Å². The second kappa shape index (κ2) is 7.39. The highest BCUT2D eigenvalue weighted by molar-refractivity contribution is 7.99. The predicted molar refractivity (Wildman–Crippen MR) is 63.5 cm³/mol. The van der Waals surface area contributed by atoms with Crippen LogP contribution in [0, 0.1) is 0 Å². The van der Waals surface area contributed by atoms with Crippen molar-refractivity contribution in [1.82, 2.24) is 0 Å². The lowest BCUT2D eigenvalue weighted by Crippen LogP contribution is -2.70. The van der Waals surface area contributed by atoms with Crippen LogP contribution in [0.2, 0.25) is 0 Å². The molecule has 25 heavy (non-hydrogen) atoms. The van der Waals surface area contributed by atoms with Crippen molar-refractivity contribution < 1.29 is 57.1 Å². The van der Waals surface area contributed by atoms with Crippen LogP contribution in [0.3, 0.4) is 0 Å². The quantitative estimate of drug-likeness (QED) is 0.237. The lowest BCUT2D eigenvalue weighted by molar-refractivity contribution is -0.439. The van der Waals surface area contributed by atoms with Crippen LogP contribution in [0.4, 0.5) is 57.1 Å². The molecule has 0 spiro atoms. The van der Waals surface area contributed by atoms with E-state index in [4.69, 9.17) is 11.6 Å². The molecular weight excluding hydrogens is 435 g/mol. The summed E-state index contributed by atoms with van der Waals surface area (Å²) in [6.45, 7) is 0. The zero-order chi connectivity index (χ0) is 20.5. The van der Waals surface area contributed by atoms with Gasteiger partial charge in [-0.15, -0.1) is 11.6 Å². The average Bonchev–Trinajstić information content (AvgIpc) is 2.41. The van der Waals surface area contributed by atoms with Gasteiger partial charge in [-0.25, -0.2) is 0 Å². The van der Waals surface area contributed by atoms with Crippen LogP contribution < -0.4 is 0 Å². The first-order chi connectivity index (χ1) is 10.8. The summed E-state index contributed by atoms with van der Waals surface area (Å²) < 4.78 is 165. The Morgan fingerprint density at radius 1 is 0.560 bits per heavy atom. The predicted octanol–water partition coefficient (Wildman–Crippen LogP) is 6.09. The summed E-state index contributed by atoms with van der Waals surface area (Å²) in [6, 6.07) is 0. The fourth-order valence-electron chi connectivity index (χ4n) is 1.32. The SMILES string of the molecule is FC(F)(F)C(F)(F)C(F)(F)C(F)(F)C(F)(F)C(F)(F)CCSCCCl. The van der Waals surface area contributed by atoms with Crippen molar-refractivity contribution in [3.8, 4) is 0 Å². The molecule has 0 aliphatic heterocycles. The molecule has 0 unspecified atom stereocenters. The highest BCUT2D eigenvalue weighted by Gasteiger charge is 2.90. The van der Waals surface area contributed by atoms with Crippen molar-refractivity contribution in [2.75, 3.05) is 17.4 Å². The van der Waals surface area contributed by atoms with E-state index in [1.807, 2.05) is 0 Å². The third-order valence-corrected chi connectivity index (χ3v) is 4.18. The van der Waals surface area contributed by atoms with Crippen LogP contribution in [-0.2, 0) is 0 Å². The maximum atomic E-state index is 13.2. The van der Waals surface area contributed by atoms with E-state index in [0.29, 0.717) is 11.8 Å². The Morgan fingerprint density at radius 3 is 1.32 bits per heavy atom. The summed E-state index contributed by atoms with van der Waals surface area (Å²) >= 11 is 5.52. The van der Waals surface area contributed by atoms with Gasteiger partial charge in [-0.05, 0) is 5.75 Å². The molecule has 0 atom stereocenters. The molecule has 0 nitrogen and oxygen atoms in total. The molecule has 15 heteroatoms. The minimum absolute atomic E-state index is 0.123. The fourth-order valence-corrected chi connectivity index (χ4v) is 2.36. The molecule has 0 heterocycles. The van der Waals surface area contributed by atoms with Gasteiger partial charge in [0.15, 0.2) is 0 Å². The van der Waals surface area contributed by atoms with Crippen molar-refractivity contribution in [1.29, 1.82) is 0 Å². The van der Waals surface area contributed by atoms with Gasteiger partial charge in [-0.2, -0.15) is 68.8 Å². The zero-order valence-electron chi connectivity index (χ0n) is 11.5. The first-order valence-electron chi connectivity index (χ1n) is 5.90. The molecule has 0 aromatic carbocycles. The van der Waals surface area contributed by atoms with E-state index in [1.54, 1.807) is 0 Å². The first kappa shape index (κ1) is 24.7. The summed E-state index contributed by atoms with van der Waals surface area (Å²) in [5.41, 5.74) is 0. The third kappa shape index (κ3) is 4.19. The first-order valence-corrected chi connectivity index (χ1v) is 7.59. The van der Waals surface area contributed by atoms with Crippen LogP contribution in [0.15, 0.2) is 0 Å². The molecule has 0 N–H and O–H groups in total. The van der Waals surface area contributed by atoms with Gasteiger partial charge in [-0.3, -0.25) is 0 Å². The number of alkyl halides is 14. The van der Waals surface area contributed by atoms with Gasteiger partial charge in [0.1, 0.15) is 0 Å². The van der Waals surface area contributed by atoms with Gasteiger partial charge in [0.2, 0.25) is 0 Å². The van der Waals surface area contributed by atoms with Crippen LogP contribution in [-0.4, -0.2) is 53.2 Å². The van der Waals surface area contributed by atoms with Crippen molar-refractivity contribution in [3.63, 3.8) is 0 Å². The summed E-state index contributed by atoms with van der Waals surface area (Å²) in [5, 5.41) is 0. The van der Waals surface area contributed by atoms with Gasteiger partial charge in [0, 0.05) is 18.1 Å². The van der Waals surface area contributed by atoms with E-state index in [2.05, 4.69) is 0 Å².